The molecule has 7 heteroatoms. The van der Waals surface area contributed by atoms with Gasteiger partial charge in [-0.1, -0.05) is 0 Å². The Balaban J connectivity index is 1.45. The lowest BCUT2D eigenvalue weighted by atomic mass is 9.95. The Morgan fingerprint density at radius 1 is 1.30 bits per heavy atom. The van der Waals surface area contributed by atoms with Crippen LogP contribution in [0.1, 0.15) is 52.1 Å². The number of aromatic nitrogens is 3. The number of carbonyl (C=O) groups is 1. The molecule has 6 nitrogen and oxygen atoms in total. The third-order valence-electron chi connectivity index (χ3n) is 4.77. The largest absolute Gasteiger partial charge is 0.338 e. The molecule has 1 saturated heterocycles. The summed E-state index contributed by atoms with van der Waals surface area (Å²) in [6, 6.07) is 3.81. The summed E-state index contributed by atoms with van der Waals surface area (Å²) in [5.41, 5.74) is 0.484. The molecule has 0 aromatic carbocycles. The second kappa shape index (κ2) is 5.78. The van der Waals surface area contributed by atoms with Crippen LogP contribution in [0.5, 0.6) is 0 Å². The van der Waals surface area contributed by atoms with Crippen LogP contribution < -0.4 is 0 Å². The van der Waals surface area contributed by atoms with E-state index in [1.54, 1.807) is 11.4 Å². The molecule has 0 radical (unpaired) electrons. The highest BCUT2D eigenvalue weighted by Crippen LogP contribution is 2.30. The van der Waals surface area contributed by atoms with Crippen LogP contribution in [0.15, 0.2) is 11.4 Å². The predicted octanol–water partition coefficient (Wildman–Crippen LogP) is 2.18. The lowest BCUT2D eigenvalue weighted by Gasteiger charge is -2.31. The van der Waals surface area contributed by atoms with Crippen LogP contribution in [0.3, 0.4) is 0 Å². The number of fused-ring (bicyclic) bond motifs is 1. The summed E-state index contributed by atoms with van der Waals surface area (Å²) in [6.45, 7) is 2.46. The molecule has 0 aliphatic carbocycles. The molecular weight excluding hydrogens is 310 g/mol. The van der Waals surface area contributed by atoms with E-state index in [1.807, 2.05) is 4.90 Å². The van der Waals surface area contributed by atoms with Crippen molar-refractivity contribution in [2.45, 2.75) is 38.1 Å². The van der Waals surface area contributed by atoms with Crippen molar-refractivity contribution < 1.29 is 4.79 Å². The first-order valence-electron chi connectivity index (χ1n) is 7.97. The average molecular weight is 327 g/mol. The van der Waals surface area contributed by atoms with Gasteiger partial charge in [0.15, 0.2) is 0 Å². The van der Waals surface area contributed by atoms with Crippen molar-refractivity contribution in [3.63, 3.8) is 0 Å². The number of hydrogen-bond acceptors (Lipinski definition) is 5. The first kappa shape index (κ1) is 14.4. The zero-order valence-electron chi connectivity index (χ0n) is 12.7. The van der Waals surface area contributed by atoms with Crippen LogP contribution in [-0.2, 0) is 13.0 Å². The molecule has 23 heavy (non-hydrogen) atoms. The van der Waals surface area contributed by atoms with Crippen molar-refractivity contribution in [2.24, 2.45) is 0 Å². The third kappa shape index (κ3) is 2.43. The Labute approximate surface area is 138 Å². The maximum absolute atomic E-state index is 12.6. The minimum absolute atomic E-state index is 0.0125. The maximum atomic E-state index is 12.6. The van der Waals surface area contributed by atoms with Gasteiger partial charge in [0.25, 0.3) is 5.91 Å². The molecule has 0 atom stereocenters. The van der Waals surface area contributed by atoms with Gasteiger partial charge in [-0.25, -0.2) is 0 Å². The molecular formula is C16H17N5OS. The smallest absolute Gasteiger partial charge is 0.265 e. The number of rotatable bonds is 2. The number of piperidine rings is 1. The van der Waals surface area contributed by atoms with E-state index in [-0.39, 0.29) is 5.91 Å². The molecule has 4 heterocycles. The highest BCUT2D eigenvalue weighted by molar-refractivity contribution is 7.12. The van der Waals surface area contributed by atoms with Crippen molar-refractivity contribution in [3.05, 3.63) is 33.5 Å². The molecule has 4 rings (SSSR count). The molecule has 118 valence electrons. The zero-order chi connectivity index (χ0) is 15.8. The van der Waals surface area contributed by atoms with Crippen LogP contribution in [0, 0.1) is 11.3 Å². The van der Waals surface area contributed by atoms with Crippen LogP contribution in [-0.4, -0.2) is 38.7 Å². The number of likely N-dealkylation sites (tertiary alicyclic amines) is 1. The van der Waals surface area contributed by atoms with E-state index in [2.05, 4.69) is 20.8 Å². The number of nitrogens with zero attached hydrogens (tertiary/aromatic N) is 5. The van der Waals surface area contributed by atoms with Crippen LogP contribution in [0.25, 0.3) is 0 Å². The Kier molecular flexibility index (Phi) is 3.62. The lowest BCUT2D eigenvalue weighted by molar-refractivity contribution is 0.0715. The number of hydrogen-bond donors (Lipinski definition) is 0. The quantitative estimate of drug-likeness (QED) is 0.847. The van der Waals surface area contributed by atoms with E-state index < -0.39 is 0 Å². The molecule has 0 saturated carbocycles. The minimum Gasteiger partial charge on any atom is -0.338 e. The second-order valence-electron chi connectivity index (χ2n) is 6.07. The van der Waals surface area contributed by atoms with Gasteiger partial charge in [0.2, 0.25) is 0 Å². The number of nitriles is 1. The summed E-state index contributed by atoms with van der Waals surface area (Å²) in [5.74, 6) is 2.58. The van der Waals surface area contributed by atoms with Gasteiger partial charge in [0.1, 0.15) is 22.6 Å². The second-order valence-corrected chi connectivity index (χ2v) is 6.99. The number of thiophene rings is 1. The van der Waals surface area contributed by atoms with Crippen LogP contribution in [0.4, 0.5) is 0 Å². The molecule has 1 amide bonds. The SMILES string of the molecule is N#Cc1ccsc1C(=O)N1CCC(c2nnc3n2CCC3)CC1. The fourth-order valence-corrected chi connectivity index (χ4v) is 4.33. The van der Waals surface area contributed by atoms with Gasteiger partial charge in [-0.15, -0.1) is 21.5 Å². The van der Waals surface area contributed by atoms with Gasteiger partial charge in [-0.2, -0.15) is 5.26 Å². The third-order valence-corrected chi connectivity index (χ3v) is 5.67. The highest BCUT2D eigenvalue weighted by atomic mass is 32.1. The fourth-order valence-electron chi connectivity index (χ4n) is 3.52. The van der Waals surface area contributed by atoms with Gasteiger partial charge < -0.3 is 9.47 Å². The Bertz CT molecular complexity index is 779. The molecule has 0 bridgehead atoms. The van der Waals surface area contributed by atoms with Crippen LogP contribution >= 0.6 is 11.3 Å². The lowest BCUT2D eigenvalue weighted by Crippen LogP contribution is -2.38. The van der Waals surface area contributed by atoms with Gasteiger partial charge >= 0.3 is 0 Å². The van der Waals surface area contributed by atoms with Crippen molar-refractivity contribution in [3.8, 4) is 6.07 Å². The number of carbonyl (C=O) groups excluding carboxylic acids is 1. The van der Waals surface area contributed by atoms with Crippen molar-refractivity contribution in [1.82, 2.24) is 19.7 Å². The molecule has 0 unspecified atom stereocenters. The summed E-state index contributed by atoms with van der Waals surface area (Å²) >= 11 is 1.35. The first-order valence-corrected chi connectivity index (χ1v) is 8.84. The fraction of sp³-hybridized carbons (Fsp3) is 0.500. The summed E-state index contributed by atoms with van der Waals surface area (Å²) in [4.78, 5) is 15.0. The van der Waals surface area contributed by atoms with E-state index in [4.69, 9.17) is 5.26 Å². The van der Waals surface area contributed by atoms with Crippen LogP contribution in [0.2, 0.25) is 0 Å². The molecule has 2 aromatic heterocycles. The minimum atomic E-state index is -0.0125. The number of amides is 1. The monoisotopic (exact) mass is 327 g/mol. The summed E-state index contributed by atoms with van der Waals surface area (Å²) in [7, 11) is 0. The van der Waals surface area contributed by atoms with Crippen molar-refractivity contribution >= 4 is 17.2 Å². The summed E-state index contributed by atoms with van der Waals surface area (Å²) < 4.78 is 2.26. The van der Waals surface area contributed by atoms with E-state index in [1.165, 1.54) is 11.3 Å². The molecule has 2 aromatic rings. The molecule has 0 spiro atoms. The highest BCUT2D eigenvalue weighted by Gasteiger charge is 2.30. The van der Waals surface area contributed by atoms with Crippen molar-refractivity contribution in [2.75, 3.05) is 13.1 Å². The summed E-state index contributed by atoms with van der Waals surface area (Å²) in [6.07, 6.45) is 4.01. The van der Waals surface area contributed by atoms with E-state index in [9.17, 15) is 4.79 Å². The maximum Gasteiger partial charge on any atom is 0.265 e. The number of aryl methyl sites for hydroxylation is 1. The predicted molar refractivity (Wildman–Crippen MR) is 85.3 cm³/mol. The van der Waals surface area contributed by atoms with Crippen molar-refractivity contribution in [1.29, 1.82) is 5.26 Å². The normalized spacial score (nSPS) is 18.0. The standard InChI is InChI=1S/C16H17N5OS/c17-10-12-5-9-23-14(12)16(22)20-7-3-11(4-8-20)15-19-18-13-2-1-6-21(13)15/h5,9,11H,1-4,6-8H2. The summed E-state index contributed by atoms with van der Waals surface area (Å²) in [5, 5.41) is 19.5. The van der Waals surface area contributed by atoms with E-state index in [0.29, 0.717) is 29.4 Å². The Morgan fingerprint density at radius 3 is 2.91 bits per heavy atom. The van der Waals surface area contributed by atoms with Gasteiger partial charge in [-0.05, 0) is 30.7 Å². The molecule has 2 aliphatic rings. The Hall–Kier alpha value is -2.20. The van der Waals surface area contributed by atoms with Gasteiger partial charge in [0.05, 0.1) is 5.56 Å². The van der Waals surface area contributed by atoms with E-state index >= 15 is 0 Å². The van der Waals surface area contributed by atoms with Gasteiger partial charge in [0, 0.05) is 32.0 Å². The molecule has 0 N–H and O–H groups in total. The zero-order valence-corrected chi connectivity index (χ0v) is 13.6. The molecule has 2 aliphatic heterocycles. The van der Waals surface area contributed by atoms with E-state index in [0.717, 1.165) is 43.9 Å². The molecule has 1 fully saturated rings. The first-order chi connectivity index (χ1) is 11.3. The van der Waals surface area contributed by atoms with Gasteiger partial charge in [-0.3, -0.25) is 4.79 Å². The average Bonchev–Trinajstić information content (AvgIpc) is 3.30. The Morgan fingerprint density at radius 2 is 2.13 bits per heavy atom. The topological polar surface area (TPSA) is 74.8 Å².